The van der Waals surface area contributed by atoms with Crippen LogP contribution in [0.15, 0.2) is 69.9 Å². The Kier molecular flexibility index (Phi) is 17.9. The molecule has 4 amide bonds. The van der Waals surface area contributed by atoms with E-state index in [2.05, 4.69) is 40.3 Å². The highest BCUT2D eigenvalue weighted by Gasteiger charge is 2.61. The number of fused-ring (bicyclic) bond motifs is 2. The Morgan fingerprint density at radius 3 is 1.36 bits per heavy atom. The molecular weight excluding hydrogens is 1220 g/mol. The van der Waals surface area contributed by atoms with Crippen molar-refractivity contribution in [3.05, 3.63) is 70.9 Å². The molecule has 0 spiro atoms. The number of ether oxygens (including phenoxy) is 2. The summed E-state index contributed by atoms with van der Waals surface area (Å²) in [5, 5.41) is 37.8. The highest BCUT2D eigenvalue weighted by Crippen LogP contribution is 2.37. The molecule has 6 aromatic rings. The molecule has 10 rings (SSSR count). The van der Waals surface area contributed by atoms with Crippen molar-refractivity contribution in [1.82, 2.24) is 40.1 Å². The van der Waals surface area contributed by atoms with E-state index in [1.165, 1.54) is 38.5 Å². The van der Waals surface area contributed by atoms with Gasteiger partial charge in [-0.25, -0.2) is 19.6 Å². The van der Waals surface area contributed by atoms with E-state index in [4.69, 9.17) is 50.7 Å². The number of aromatic nitrogens is 6. The SMILES string of the molecule is Cn1c2ccc(OC[C@H](O/N=C(\C(=O)N[C@@H]3C(=O)N(OS(=O)(=O)ON4C(=O)[C@@H](NC(=O)/C(=N\O[C@@H](COc5ccc6c(c5)c[n+](C5CCC(N)CC5)n6C)C(=O)O)c5csc(N)n5)C4(C)C)C3(C)C)c3csc(N)n3)C(=O)O)cc2c[n+]1C1CCC(N)CC1. The number of amides is 4. The maximum Gasteiger partial charge on any atom is 0.442 e. The molecule has 2 saturated heterocycles. The van der Waals surface area contributed by atoms with Crippen LogP contribution in [0.2, 0.25) is 0 Å². The van der Waals surface area contributed by atoms with E-state index < -0.39 is 106 Å². The molecule has 0 radical (unpaired) electrons. The highest BCUT2D eigenvalue weighted by molar-refractivity contribution is 7.81. The number of carboxylic acids is 2. The van der Waals surface area contributed by atoms with E-state index in [-0.39, 0.29) is 45.8 Å². The Morgan fingerprint density at radius 2 is 1.03 bits per heavy atom. The predicted octanol–water partition coefficient (Wildman–Crippen LogP) is 0.732. The van der Waals surface area contributed by atoms with Gasteiger partial charge in [0.1, 0.15) is 59.2 Å². The number of aryl methyl sites for hydroxylation is 2. The number of nitrogens with zero attached hydrogens (tertiary/aromatic N) is 10. The molecule has 35 heteroatoms. The number of nitrogen functional groups attached to an aromatic ring is 2. The highest BCUT2D eigenvalue weighted by atomic mass is 32.3. The number of carbonyl (C=O) groups excluding carboxylic acids is 4. The van der Waals surface area contributed by atoms with Crippen LogP contribution < -0.4 is 52.4 Å². The second kappa shape index (κ2) is 25.1. The van der Waals surface area contributed by atoms with Gasteiger partial charge in [-0.05, 0) is 89.8 Å². The molecule has 12 N–H and O–H groups in total. The second-order valence-electron chi connectivity index (χ2n) is 23.1. The van der Waals surface area contributed by atoms with Crippen LogP contribution in [-0.4, -0.2) is 156 Å². The number of anilines is 2. The van der Waals surface area contributed by atoms with Gasteiger partial charge in [-0.3, -0.25) is 19.2 Å². The van der Waals surface area contributed by atoms with Crippen LogP contribution in [0.1, 0.15) is 103 Å². The first-order chi connectivity index (χ1) is 42.1. The van der Waals surface area contributed by atoms with Crippen molar-refractivity contribution in [3.8, 4) is 11.5 Å². The van der Waals surface area contributed by atoms with Gasteiger partial charge in [0.2, 0.25) is 12.4 Å². The number of hydrogen-bond donors (Lipinski definition) is 8. The fourth-order valence-corrected chi connectivity index (χ4v) is 13.1. The summed E-state index contributed by atoms with van der Waals surface area (Å²) >= 11 is 1.83. The first-order valence-electron chi connectivity index (χ1n) is 28.2. The van der Waals surface area contributed by atoms with Crippen LogP contribution in [0.25, 0.3) is 21.8 Å². The van der Waals surface area contributed by atoms with Crippen LogP contribution in [0.3, 0.4) is 0 Å². The van der Waals surface area contributed by atoms with Gasteiger partial charge < -0.3 is 62.9 Å². The van der Waals surface area contributed by atoms with Gasteiger partial charge in [0.15, 0.2) is 33.8 Å². The summed E-state index contributed by atoms with van der Waals surface area (Å²) < 4.78 is 57.1. The maximum atomic E-state index is 13.9. The van der Waals surface area contributed by atoms with Crippen molar-refractivity contribution in [1.29, 1.82) is 0 Å². The number of hydrogen-bond acceptors (Lipinski definition) is 24. The predicted molar refractivity (Wildman–Crippen MR) is 316 cm³/mol. The fourth-order valence-electron chi connectivity index (χ4n) is 11.1. The summed E-state index contributed by atoms with van der Waals surface area (Å²) in [5.41, 5.74) is 20.9. The number of carboxylic acid groups (broad SMARTS) is 2. The summed E-state index contributed by atoms with van der Waals surface area (Å²) in [5.74, 6) is -6.82. The number of aliphatic carboxylic acids is 2. The molecule has 89 heavy (non-hydrogen) atoms. The molecule has 4 atom stereocenters. The number of nitrogens with one attached hydrogen (secondary N) is 2. The largest absolute Gasteiger partial charge is 0.489 e. The summed E-state index contributed by atoms with van der Waals surface area (Å²) in [7, 11) is -1.46. The van der Waals surface area contributed by atoms with Crippen molar-refractivity contribution >= 4 is 112 Å². The normalized spacial score (nSPS) is 22.7. The Morgan fingerprint density at radius 1 is 0.663 bits per heavy atom. The van der Waals surface area contributed by atoms with Gasteiger partial charge in [0, 0.05) is 48.5 Å². The van der Waals surface area contributed by atoms with Crippen LogP contribution in [0.5, 0.6) is 11.5 Å². The third-order valence-electron chi connectivity index (χ3n) is 16.3. The zero-order chi connectivity index (χ0) is 64.0. The lowest BCUT2D eigenvalue weighted by molar-refractivity contribution is -0.796. The van der Waals surface area contributed by atoms with Crippen molar-refractivity contribution in [2.75, 3.05) is 24.7 Å². The first-order valence-corrected chi connectivity index (χ1v) is 31.3. The van der Waals surface area contributed by atoms with Gasteiger partial charge in [0.25, 0.3) is 35.8 Å². The summed E-state index contributed by atoms with van der Waals surface area (Å²) in [6.07, 6.45) is 7.82. The zero-order valence-corrected chi connectivity index (χ0v) is 51.5. The Hall–Kier alpha value is -8.61. The van der Waals surface area contributed by atoms with Crippen LogP contribution >= 0.6 is 22.7 Å². The van der Waals surface area contributed by atoms with Crippen molar-refractivity contribution in [3.63, 3.8) is 0 Å². The van der Waals surface area contributed by atoms with Gasteiger partial charge >= 0.3 is 22.3 Å². The minimum atomic E-state index is -5.36. The molecule has 6 heterocycles. The van der Waals surface area contributed by atoms with E-state index in [9.17, 15) is 47.4 Å². The number of nitrogens with two attached hydrogens (primary N) is 4. The lowest BCUT2D eigenvalue weighted by atomic mass is 9.84. The summed E-state index contributed by atoms with van der Waals surface area (Å²) in [6.45, 7) is 4.16. The molecule has 0 bridgehead atoms. The molecule has 2 aliphatic heterocycles. The van der Waals surface area contributed by atoms with Crippen LogP contribution in [-0.2, 0) is 71.5 Å². The maximum absolute atomic E-state index is 13.9. The van der Waals surface area contributed by atoms with Gasteiger partial charge in [-0.15, -0.1) is 40.6 Å². The standard InChI is InChI=1S/C54H66N16O16S3/c1-53(2)43(61-45(71)41(35-25-87-51(57)59-35)63-83-39(49(75)76)23-81-33-15-17-37-27(19-33)21-67(65(37)5)31-11-7-29(55)8-12-31)47(73)69(53)85-89(79,80)86-70-48(74)44(54(70,3)4)62-46(72)42(36-26-88-52(58)60-36)64-84-40(50(77)78)24-82-34-16-18-38-28(20-34)22-68(66(38)6)32-13-9-30(56)10-14-32/h15-22,25-26,29-32,39-40,43-44H,7-14,23-24,55-56H2,1-6H3,(H6-2,57,58,59,60,61,62,71,72,75,76,77,78)/p+2/b63-41-,64-42-/t29?,30?,31?,32?,39-,40-,43+,44+/m0/s1. The van der Waals surface area contributed by atoms with Crippen molar-refractivity contribution < 1.29 is 84.5 Å². The molecule has 4 aliphatic rings. The number of carbonyl (C=O) groups is 6. The van der Waals surface area contributed by atoms with Crippen LogP contribution in [0, 0.1) is 0 Å². The van der Waals surface area contributed by atoms with Crippen molar-refractivity contribution in [2.24, 2.45) is 35.9 Å². The number of β-lactam (4-membered cyclic amide) rings is 2. The topological polar surface area (TPSA) is 435 Å². The van der Waals surface area contributed by atoms with E-state index in [0.29, 0.717) is 21.6 Å². The van der Waals surface area contributed by atoms with E-state index in [1.807, 2.05) is 48.0 Å². The smallest absolute Gasteiger partial charge is 0.442 e. The van der Waals surface area contributed by atoms with E-state index in [0.717, 1.165) is 95.8 Å². The molecular formula is C54H68N16O16S3+2. The number of hydroxylamine groups is 4. The number of oxime groups is 2. The molecule has 4 aromatic heterocycles. The van der Waals surface area contributed by atoms with Gasteiger partial charge in [0.05, 0.1) is 35.9 Å². The fraction of sp³-hybridized carbons (Fsp3) is 0.481. The molecule has 476 valence electrons. The molecule has 4 fully saturated rings. The first kappa shape index (κ1) is 63.4. The lowest BCUT2D eigenvalue weighted by Crippen LogP contribution is -2.78. The Labute approximate surface area is 516 Å². The molecule has 2 aromatic carbocycles. The van der Waals surface area contributed by atoms with Gasteiger partial charge in [-0.1, -0.05) is 10.3 Å². The minimum Gasteiger partial charge on any atom is -0.489 e. The quantitative estimate of drug-likeness (QED) is 0.0179. The van der Waals surface area contributed by atoms with E-state index in [1.54, 1.807) is 24.3 Å². The number of rotatable bonds is 24. The number of benzene rings is 2. The average Bonchev–Trinajstić information content (AvgIpc) is 1.72. The minimum absolute atomic E-state index is 0.00382. The molecule has 0 unspecified atom stereocenters. The number of thiazole rings is 2. The monoisotopic (exact) mass is 1290 g/mol. The second-order valence-corrected chi connectivity index (χ2v) is 26.0. The lowest BCUT2D eigenvalue weighted by Gasteiger charge is -2.52. The Bertz CT molecular complexity index is 3680. The zero-order valence-electron chi connectivity index (χ0n) is 49.1. The van der Waals surface area contributed by atoms with Crippen molar-refractivity contribution in [2.45, 2.75) is 139 Å². The van der Waals surface area contributed by atoms with E-state index >= 15 is 0 Å². The average molecular weight is 1290 g/mol. The molecule has 2 saturated carbocycles. The summed E-state index contributed by atoms with van der Waals surface area (Å²) in [6, 6.07) is 8.39. The molecule has 32 nitrogen and oxygen atoms in total. The van der Waals surface area contributed by atoms with Crippen LogP contribution in [0.4, 0.5) is 10.3 Å². The third kappa shape index (κ3) is 13.3. The summed E-state index contributed by atoms with van der Waals surface area (Å²) in [4.78, 5) is 98.9. The van der Waals surface area contributed by atoms with Gasteiger partial charge in [-0.2, -0.15) is 27.9 Å². The third-order valence-corrected chi connectivity index (χ3v) is 18.3. The Balaban J connectivity index is 0.746. The molecule has 2 aliphatic carbocycles.